The molecule has 3 atom stereocenters. The molecule has 0 spiro atoms. The van der Waals surface area contributed by atoms with Crippen molar-refractivity contribution in [2.45, 2.75) is 44.6 Å². The minimum Gasteiger partial charge on any atom is -0.296 e. The monoisotopic (exact) mass is 220 g/mol. The molecule has 0 aromatic heterocycles. The second-order valence-electron chi connectivity index (χ2n) is 5.62. The molecule has 88 valence electrons. The second-order valence-corrected chi connectivity index (χ2v) is 5.62. The minimum absolute atomic E-state index is 0.549. The second kappa shape index (κ2) is 3.45. The van der Waals surface area contributed by atoms with Crippen LogP contribution in [0.15, 0.2) is 11.3 Å². The predicted octanol–water partition coefficient (Wildman–Crippen LogP) is 1.05. The lowest BCUT2D eigenvalue weighted by Crippen LogP contribution is -2.66. The fraction of sp³-hybridized carbons (Fsp3) is 0.833. The van der Waals surface area contributed by atoms with E-state index in [4.69, 9.17) is 0 Å². The summed E-state index contributed by atoms with van der Waals surface area (Å²) in [5.74, 6) is 1.80. The van der Waals surface area contributed by atoms with Gasteiger partial charge in [-0.05, 0) is 49.5 Å². The summed E-state index contributed by atoms with van der Waals surface area (Å²) in [6.45, 7) is 1.17. The molecule has 16 heavy (non-hydrogen) atoms. The molecule has 1 saturated carbocycles. The lowest BCUT2D eigenvalue weighted by Gasteiger charge is -2.51. The number of rotatable bonds is 0. The van der Waals surface area contributed by atoms with Crippen molar-refractivity contribution in [2.24, 2.45) is 11.8 Å². The van der Waals surface area contributed by atoms with E-state index in [0.717, 1.165) is 11.8 Å². The highest BCUT2D eigenvalue weighted by atomic mass is 15.8. The van der Waals surface area contributed by atoms with Gasteiger partial charge in [0, 0.05) is 12.2 Å². The van der Waals surface area contributed by atoms with Gasteiger partial charge in [0.1, 0.15) is 0 Å². The van der Waals surface area contributed by atoms with Crippen LogP contribution in [0.1, 0.15) is 38.5 Å². The van der Waals surface area contributed by atoms with Gasteiger partial charge in [0.25, 0.3) is 0 Å². The Balaban J connectivity index is 1.81. The number of hydrogen-bond acceptors (Lipinski definition) is 4. The van der Waals surface area contributed by atoms with E-state index >= 15 is 0 Å². The van der Waals surface area contributed by atoms with Crippen molar-refractivity contribution in [3.8, 4) is 0 Å². The molecule has 4 nitrogen and oxygen atoms in total. The van der Waals surface area contributed by atoms with Gasteiger partial charge in [0.2, 0.25) is 0 Å². The third kappa shape index (κ3) is 1.21. The lowest BCUT2D eigenvalue weighted by molar-refractivity contribution is 0.0659. The Morgan fingerprint density at radius 2 is 1.88 bits per heavy atom. The summed E-state index contributed by atoms with van der Waals surface area (Å²) in [4.78, 5) is 0. The first-order valence-corrected chi connectivity index (χ1v) is 6.71. The molecule has 0 aromatic rings. The Labute approximate surface area is 96.4 Å². The maximum absolute atomic E-state index is 3.38. The molecule has 3 unspecified atom stereocenters. The van der Waals surface area contributed by atoms with Crippen LogP contribution in [-0.2, 0) is 0 Å². The van der Waals surface area contributed by atoms with Gasteiger partial charge < -0.3 is 0 Å². The normalized spacial score (nSPS) is 42.0. The molecular weight excluding hydrogens is 200 g/mol. The molecule has 0 bridgehead atoms. The summed E-state index contributed by atoms with van der Waals surface area (Å²) in [5, 5.41) is 2.35. The van der Waals surface area contributed by atoms with Gasteiger partial charge in [-0.1, -0.05) is 6.42 Å². The molecule has 0 radical (unpaired) electrons. The van der Waals surface area contributed by atoms with Crippen molar-refractivity contribution in [1.29, 1.82) is 0 Å². The fourth-order valence-corrected chi connectivity index (χ4v) is 4.17. The van der Waals surface area contributed by atoms with E-state index in [-0.39, 0.29) is 0 Å². The van der Waals surface area contributed by atoms with Crippen molar-refractivity contribution < 1.29 is 0 Å². The molecule has 2 heterocycles. The van der Waals surface area contributed by atoms with Crippen LogP contribution in [0.25, 0.3) is 0 Å². The Hall–Kier alpha value is -0.580. The van der Waals surface area contributed by atoms with Crippen LogP contribution in [0.2, 0.25) is 0 Å². The zero-order valence-corrected chi connectivity index (χ0v) is 9.63. The molecule has 0 aromatic carbocycles. The lowest BCUT2D eigenvalue weighted by atomic mass is 9.67. The average Bonchev–Trinajstić information content (AvgIpc) is 2.36. The molecule has 2 aliphatic carbocycles. The van der Waals surface area contributed by atoms with Gasteiger partial charge in [-0.3, -0.25) is 5.01 Å². The van der Waals surface area contributed by atoms with Crippen LogP contribution in [0, 0.1) is 11.8 Å². The topological polar surface area (TPSA) is 39.3 Å². The summed E-state index contributed by atoms with van der Waals surface area (Å²) >= 11 is 0. The number of hydrazine groups is 3. The molecule has 1 saturated heterocycles. The average molecular weight is 220 g/mol. The Morgan fingerprint density at radius 3 is 2.81 bits per heavy atom. The molecule has 2 aliphatic heterocycles. The van der Waals surface area contributed by atoms with E-state index in [1.54, 1.807) is 11.3 Å². The molecule has 4 rings (SSSR count). The molecule has 3 N–H and O–H groups in total. The smallest absolute Gasteiger partial charge is 0.0639 e. The number of nitrogens with one attached hydrogen (secondary N) is 3. The standard InChI is InChI=1S/C12H20N4/c1-2-8-4-5-10-12-11(8)9(3-1)6-7-16(12)15-14-13-10/h8-10,13-15H,1-7H2. The summed E-state index contributed by atoms with van der Waals surface area (Å²) < 4.78 is 0. The number of nitrogens with zero attached hydrogens (tertiary/aromatic N) is 1. The molecule has 4 heteroatoms. The van der Waals surface area contributed by atoms with Crippen LogP contribution in [0.5, 0.6) is 0 Å². The Kier molecular flexibility index (Phi) is 2.04. The van der Waals surface area contributed by atoms with Crippen LogP contribution < -0.4 is 16.5 Å². The van der Waals surface area contributed by atoms with Crippen LogP contribution in [-0.4, -0.2) is 17.6 Å². The highest BCUT2D eigenvalue weighted by Crippen LogP contribution is 2.47. The van der Waals surface area contributed by atoms with Gasteiger partial charge in [-0.25, -0.2) is 5.43 Å². The first-order valence-electron chi connectivity index (χ1n) is 6.71. The first kappa shape index (κ1) is 9.45. The maximum Gasteiger partial charge on any atom is 0.0639 e. The predicted molar refractivity (Wildman–Crippen MR) is 61.6 cm³/mol. The molecular formula is C12H20N4. The minimum atomic E-state index is 0.549. The van der Waals surface area contributed by atoms with E-state index in [9.17, 15) is 0 Å². The zero-order valence-electron chi connectivity index (χ0n) is 9.63. The summed E-state index contributed by atoms with van der Waals surface area (Å²) in [6.07, 6.45) is 8.35. The largest absolute Gasteiger partial charge is 0.296 e. The van der Waals surface area contributed by atoms with Crippen LogP contribution in [0.3, 0.4) is 0 Å². The fourth-order valence-electron chi connectivity index (χ4n) is 4.17. The van der Waals surface area contributed by atoms with Crippen molar-refractivity contribution in [2.75, 3.05) is 6.54 Å². The molecule has 2 fully saturated rings. The van der Waals surface area contributed by atoms with E-state index in [0.29, 0.717) is 6.04 Å². The van der Waals surface area contributed by atoms with Gasteiger partial charge in [0.15, 0.2) is 0 Å². The summed E-state index contributed by atoms with van der Waals surface area (Å²) in [6, 6.07) is 0.549. The van der Waals surface area contributed by atoms with Gasteiger partial charge in [-0.2, -0.15) is 11.1 Å². The summed E-state index contributed by atoms with van der Waals surface area (Å²) in [7, 11) is 0. The van der Waals surface area contributed by atoms with Crippen molar-refractivity contribution >= 4 is 0 Å². The summed E-state index contributed by atoms with van der Waals surface area (Å²) in [5.41, 5.74) is 13.1. The molecule has 4 aliphatic rings. The first-order chi connectivity index (χ1) is 7.93. The maximum atomic E-state index is 3.38. The van der Waals surface area contributed by atoms with Gasteiger partial charge >= 0.3 is 0 Å². The van der Waals surface area contributed by atoms with Gasteiger partial charge in [-0.15, -0.1) is 0 Å². The Morgan fingerprint density at radius 1 is 1.00 bits per heavy atom. The Bertz CT molecular complexity index is 278. The third-order valence-electron chi connectivity index (χ3n) is 4.84. The third-order valence-corrected chi connectivity index (χ3v) is 4.84. The quantitative estimate of drug-likeness (QED) is 0.571. The van der Waals surface area contributed by atoms with Crippen LogP contribution >= 0.6 is 0 Å². The van der Waals surface area contributed by atoms with Crippen LogP contribution in [0.4, 0.5) is 0 Å². The molecule has 0 amide bonds. The zero-order chi connectivity index (χ0) is 10.5. The van der Waals surface area contributed by atoms with Gasteiger partial charge in [0.05, 0.1) is 6.04 Å². The number of allylic oxidation sites excluding steroid dienone is 1. The van der Waals surface area contributed by atoms with Crippen molar-refractivity contribution in [3.05, 3.63) is 11.3 Å². The van der Waals surface area contributed by atoms with Crippen molar-refractivity contribution in [3.63, 3.8) is 0 Å². The van der Waals surface area contributed by atoms with Crippen molar-refractivity contribution in [1.82, 2.24) is 21.5 Å². The van der Waals surface area contributed by atoms with E-state index in [1.807, 2.05) is 0 Å². The highest BCUT2D eigenvalue weighted by molar-refractivity contribution is 5.30. The van der Waals surface area contributed by atoms with E-state index in [2.05, 4.69) is 21.5 Å². The van der Waals surface area contributed by atoms with E-state index < -0.39 is 0 Å². The van der Waals surface area contributed by atoms with E-state index in [1.165, 1.54) is 45.1 Å². The highest BCUT2D eigenvalue weighted by Gasteiger charge is 2.42. The SMILES string of the molecule is C1CC2CCC3NNNN4CCC(C1)C2=C34. The number of hydrogen-bond donors (Lipinski definition) is 3.